The Balaban J connectivity index is 3.28. The highest BCUT2D eigenvalue weighted by atomic mass is 19.4. The molecule has 0 amide bonds. The van der Waals surface area contributed by atoms with E-state index in [1.165, 1.54) is 0 Å². The Morgan fingerprint density at radius 2 is 1.67 bits per heavy atom. The second-order valence-corrected chi connectivity index (χ2v) is 1.37. The van der Waals surface area contributed by atoms with Crippen molar-refractivity contribution in [2.45, 2.75) is 19.0 Å². The third kappa shape index (κ3) is 7.65. The van der Waals surface area contributed by atoms with Crippen molar-refractivity contribution in [3.8, 4) is 0 Å². The topological polar surface area (TPSA) is 0 Å². The molecule has 0 saturated heterocycles. The van der Waals surface area contributed by atoms with Crippen LogP contribution in [0.25, 0.3) is 0 Å². The highest BCUT2D eigenvalue weighted by Gasteiger charge is 2.28. The zero-order chi connectivity index (χ0) is 7.49. The quantitative estimate of drug-likeness (QED) is 0.526. The fraction of sp³-hybridized carbons (Fsp3) is 0.750. The normalized spacial score (nSPS) is 12.7. The molecular weight excluding hydrogens is 143 g/mol. The van der Waals surface area contributed by atoms with Crippen molar-refractivity contribution in [2.75, 3.05) is 0 Å². The minimum Gasteiger partial charge on any atom is -0.211 e. The van der Waals surface area contributed by atoms with Crippen molar-refractivity contribution in [3.63, 3.8) is 0 Å². The zero-order valence-electron chi connectivity index (χ0n) is 4.25. The Hall–Kier alpha value is -0.350. The summed E-state index contributed by atoms with van der Waals surface area (Å²) in [7, 11) is 0. The van der Waals surface area contributed by atoms with Gasteiger partial charge in [0.05, 0.1) is 6.42 Å². The molecule has 1 radical (unpaired) electrons. The molecular formula is C4H4F5. The van der Waals surface area contributed by atoms with Gasteiger partial charge in [-0.25, -0.2) is 8.78 Å². The molecule has 0 aromatic heterocycles. The van der Waals surface area contributed by atoms with Gasteiger partial charge in [-0.3, -0.25) is 0 Å². The van der Waals surface area contributed by atoms with Crippen molar-refractivity contribution in [3.05, 3.63) is 6.42 Å². The van der Waals surface area contributed by atoms with E-state index in [1.54, 1.807) is 0 Å². The molecule has 0 aromatic rings. The van der Waals surface area contributed by atoms with E-state index in [9.17, 15) is 22.0 Å². The second-order valence-electron chi connectivity index (χ2n) is 1.37. The molecule has 0 bridgehead atoms. The molecule has 0 spiro atoms. The van der Waals surface area contributed by atoms with Crippen molar-refractivity contribution in [1.29, 1.82) is 0 Å². The SMILES string of the molecule is FC(F)C[CH]C(F)(F)F. The van der Waals surface area contributed by atoms with Crippen LogP contribution in [0.1, 0.15) is 6.42 Å². The van der Waals surface area contributed by atoms with Crippen molar-refractivity contribution >= 4 is 0 Å². The zero-order valence-corrected chi connectivity index (χ0v) is 4.25. The van der Waals surface area contributed by atoms with E-state index in [1.807, 2.05) is 0 Å². The summed E-state index contributed by atoms with van der Waals surface area (Å²) in [6, 6.07) is 0. The summed E-state index contributed by atoms with van der Waals surface area (Å²) in [5.74, 6) is 0. The van der Waals surface area contributed by atoms with Crippen LogP contribution in [-0.2, 0) is 0 Å². The maximum atomic E-state index is 11.0. The van der Waals surface area contributed by atoms with Gasteiger partial charge >= 0.3 is 6.18 Å². The molecule has 0 heterocycles. The lowest BCUT2D eigenvalue weighted by molar-refractivity contribution is -0.102. The maximum absolute atomic E-state index is 11.0. The summed E-state index contributed by atoms with van der Waals surface area (Å²) in [6.45, 7) is 0. The average Bonchev–Trinajstić information content (AvgIpc) is 1.59. The average molecular weight is 147 g/mol. The van der Waals surface area contributed by atoms with Gasteiger partial charge in [-0.05, 0) is 0 Å². The van der Waals surface area contributed by atoms with E-state index in [0.717, 1.165) is 0 Å². The Morgan fingerprint density at radius 3 is 1.78 bits per heavy atom. The van der Waals surface area contributed by atoms with Gasteiger partial charge in [0.25, 0.3) is 0 Å². The molecule has 0 fully saturated rings. The summed E-state index contributed by atoms with van der Waals surface area (Å²) in [4.78, 5) is 0. The summed E-state index contributed by atoms with van der Waals surface area (Å²) < 4.78 is 55.1. The van der Waals surface area contributed by atoms with Crippen molar-refractivity contribution in [1.82, 2.24) is 0 Å². The van der Waals surface area contributed by atoms with Crippen LogP contribution in [-0.4, -0.2) is 12.6 Å². The molecule has 0 aliphatic carbocycles. The molecule has 0 aliphatic rings. The molecule has 0 nitrogen and oxygen atoms in total. The van der Waals surface area contributed by atoms with Crippen LogP contribution >= 0.6 is 0 Å². The van der Waals surface area contributed by atoms with Gasteiger partial charge in [-0.2, -0.15) is 13.2 Å². The van der Waals surface area contributed by atoms with Crippen LogP contribution in [0.3, 0.4) is 0 Å². The predicted octanol–water partition coefficient (Wildman–Crippen LogP) is 2.41. The summed E-state index contributed by atoms with van der Waals surface area (Å²) in [6.07, 6.45) is -9.07. The van der Waals surface area contributed by atoms with Crippen molar-refractivity contribution in [2.24, 2.45) is 0 Å². The summed E-state index contributed by atoms with van der Waals surface area (Å²) >= 11 is 0. The highest BCUT2D eigenvalue weighted by Crippen LogP contribution is 2.21. The van der Waals surface area contributed by atoms with Gasteiger partial charge in [0.2, 0.25) is 6.43 Å². The highest BCUT2D eigenvalue weighted by molar-refractivity contribution is 4.74. The third-order valence-electron chi connectivity index (χ3n) is 0.527. The van der Waals surface area contributed by atoms with Crippen LogP contribution in [0, 0.1) is 6.42 Å². The number of rotatable bonds is 2. The van der Waals surface area contributed by atoms with Crippen LogP contribution in [0.4, 0.5) is 22.0 Å². The molecule has 0 N–H and O–H groups in total. The van der Waals surface area contributed by atoms with E-state index in [4.69, 9.17) is 0 Å². The summed E-state index contributed by atoms with van der Waals surface area (Å²) in [5, 5.41) is 0. The lowest BCUT2D eigenvalue weighted by Crippen LogP contribution is -2.10. The molecule has 0 aromatic carbocycles. The first-order valence-corrected chi connectivity index (χ1v) is 2.11. The van der Waals surface area contributed by atoms with Gasteiger partial charge in [0.1, 0.15) is 0 Å². The van der Waals surface area contributed by atoms with Crippen molar-refractivity contribution < 1.29 is 22.0 Å². The van der Waals surface area contributed by atoms with Crippen LogP contribution < -0.4 is 0 Å². The number of alkyl halides is 5. The Bertz CT molecular complexity index is 73.5. The smallest absolute Gasteiger partial charge is 0.211 e. The van der Waals surface area contributed by atoms with Gasteiger partial charge in [-0.1, -0.05) is 0 Å². The molecule has 55 valence electrons. The first-order chi connectivity index (χ1) is 3.92. The van der Waals surface area contributed by atoms with E-state index in [2.05, 4.69) is 0 Å². The van der Waals surface area contributed by atoms with Crippen LogP contribution in [0.2, 0.25) is 0 Å². The van der Waals surface area contributed by atoms with Crippen LogP contribution in [0.15, 0.2) is 0 Å². The minimum atomic E-state index is -4.57. The van der Waals surface area contributed by atoms with E-state index in [0.29, 0.717) is 0 Å². The second kappa shape index (κ2) is 2.98. The Morgan fingerprint density at radius 1 is 1.22 bits per heavy atom. The standard InChI is InChI=1S/C4H4F5/c5-3(6)1-2-4(7,8)9/h2-3H,1H2. The first-order valence-electron chi connectivity index (χ1n) is 2.11. The van der Waals surface area contributed by atoms with Gasteiger partial charge in [0.15, 0.2) is 0 Å². The molecule has 0 rings (SSSR count). The lowest BCUT2D eigenvalue weighted by Gasteiger charge is -2.02. The monoisotopic (exact) mass is 147 g/mol. The Labute approximate surface area is 48.7 Å². The molecule has 0 saturated carbocycles. The van der Waals surface area contributed by atoms with Gasteiger partial charge in [-0.15, -0.1) is 0 Å². The van der Waals surface area contributed by atoms with E-state index in [-0.39, 0.29) is 6.42 Å². The van der Waals surface area contributed by atoms with Gasteiger partial charge < -0.3 is 0 Å². The van der Waals surface area contributed by atoms with E-state index >= 15 is 0 Å². The minimum absolute atomic E-state index is 0.363. The molecule has 0 atom stereocenters. The Kier molecular flexibility index (Phi) is 2.87. The molecule has 5 heteroatoms. The largest absolute Gasteiger partial charge is 0.392 e. The molecule has 0 unspecified atom stereocenters. The first kappa shape index (κ1) is 8.65. The fourth-order valence-electron chi connectivity index (χ4n) is 0.223. The number of hydrogen-bond donors (Lipinski definition) is 0. The lowest BCUT2D eigenvalue weighted by atomic mass is 10.3. The number of hydrogen-bond acceptors (Lipinski definition) is 0. The maximum Gasteiger partial charge on any atom is 0.392 e. The molecule has 0 aliphatic heterocycles. The predicted molar refractivity (Wildman–Crippen MR) is 21.0 cm³/mol. The number of halogens is 5. The third-order valence-corrected chi connectivity index (χ3v) is 0.527. The summed E-state index contributed by atoms with van der Waals surface area (Å²) in [5.41, 5.74) is 0. The van der Waals surface area contributed by atoms with Gasteiger partial charge in [0, 0.05) is 6.42 Å². The van der Waals surface area contributed by atoms with Crippen LogP contribution in [0.5, 0.6) is 0 Å². The molecule has 9 heavy (non-hydrogen) atoms. The fourth-order valence-corrected chi connectivity index (χ4v) is 0.223. The van der Waals surface area contributed by atoms with E-state index < -0.39 is 19.0 Å².